The first kappa shape index (κ1) is 27.7. The summed E-state index contributed by atoms with van der Waals surface area (Å²) in [5.41, 5.74) is 2.94. The minimum atomic E-state index is -3.80. The van der Waals surface area contributed by atoms with Crippen molar-refractivity contribution in [3.8, 4) is 28.6 Å². The summed E-state index contributed by atoms with van der Waals surface area (Å²) < 4.78 is 46.2. The van der Waals surface area contributed by atoms with Crippen LogP contribution in [0.15, 0.2) is 36.7 Å². The average molecular weight is 558 g/mol. The number of hydrogen-bond acceptors (Lipinski definition) is 10. The summed E-state index contributed by atoms with van der Waals surface area (Å²) >= 11 is 1.44. The van der Waals surface area contributed by atoms with Gasteiger partial charge in [-0.1, -0.05) is 6.07 Å². The van der Waals surface area contributed by atoms with E-state index in [0.29, 0.717) is 33.6 Å². The summed E-state index contributed by atoms with van der Waals surface area (Å²) in [4.78, 5) is 9.85. The molecule has 0 aliphatic heterocycles. The molecule has 0 unspecified atom stereocenters. The van der Waals surface area contributed by atoms with Gasteiger partial charge in [0.1, 0.15) is 34.1 Å². The van der Waals surface area contributed by atoms with E-state index < -0.39 is 26.9 Å². The van der Waals surface area contributed by atoms with Crippen LogP contribution >= 0.6 is 11.3 Å². The van der Waals surface area contributed by atoms with Crippen LogP contribution in [0, 0.1) is 20.8 Å². The van der Waals surface area contributed by atoms with Crippen LogP contribution in [0.1, 0.15) is 40.0 Å². The minimum absolute atomic E-state index is 0.206. The molecule has 12 heteroatoms. The molecule has 0 radical (unpaired) electrons. The topological polar surface area (TPSA) is 118 Å². The van der Waals surface area contributed by atoms with Crippen LogP contribution in [0.3, 0.4) is 0 Å². The zero-order valence-corrected chi connectivity index (χ0v) is 24.1. The van der Waals surface area contributed by atoms with E-state index in [1.54, 1.807) is 42.1 Å². The standard InChI is InChI=1S/C26H31N5O5S2/c1-15-11-19(13-27-12-15)25-30-29-22(31(25)23-20(34-5)9-8-10-21(23)35-6)14-38(32,33)18(4)24(36-7)26-28-16(2)17(3)37-26/h8-13,18,24H,14H2,1-7H3/t18-,24+/m0/s1. The van der Waals surface area contributed by atoms with Crippen molar-refractivity contribution < 1.29 is 22.6 Å². The molecule has 3 aromatic heterocycles. The van der Waals surface area contributed by atoms with Crippen molar-refractivity contribution in [2.24, 2.45) is 0 Å². The van der Waals surface area contributed by atoms with Gasteiger partial charge in [-0.3, -0.25) is 9.55 Å². The van der Waals surface area contributed by atoms with Crippen molar-refractivity contribution in [3.63, 3.8) is 0 Å². The molecule has 3 heterocycles. The lowest BCUT2D eigenvalue weighted by atomic mass is 10.2. The van der Waals surface area contributed by atoms with Gasteiger partial charge in [0.15, 0.2) is 21.5 Å². The second-order valence-corrected chi connectivity index (χ2v) is 12.5. The Morgan fingerprint density at radius 1 is 1.03 bits per heavy atom. The molecule has 0 amide bonds. The number of aromatic nitrogens is 5. The molecule has 38 heavy (non-hydrogen) atoms. The lowest BCUT2D eigenvalue weighted by Gasteiger charge is -2.22. The molecule has 4 rings (SSSR count). The Hall–Kier alpha value is -3.35. The predicted molar refractivity (Wildman–Crippen MR) is 146 cm³/mol. The number of sulfone groups is 1. The van der Waals surface area contributed by atoms with Crippen molar-refractivity contribution in [1.29, 1.82) is 0 Å². The molecule has 0 N–H and O–H groups in total. The SMILES string of the molecule is COc1cccc(OC)c1-n1c(CS(=O)(=O)[C@@H](C)[C@@H](OC)c2nc(C)c(C)s2)nnc1-c1cncc(C)c1. The molecule has 4 aromatic rings. The Morgan fingerprint density at radius 3 is 2.26 bits per heavy atom. The highest BCUT2D eigenvalue weighted by molar-refractivity contribution is 7.91. The second-order valence-electron chi connectivity index (χ2n) is 8.90. The largest absolute Gasteiger partial charge is 0.494 e. The third-order valence-corrected chi connectivity index (χ3v) is 9.53. The van der Waals surface area contributed by atoms with E-state index in [1.807, 2.05) is 26.8 Å². The highest BCUT2D eigenvalue weighted by atomic mass is 32.2. The number of nitrogens with zero attached hydrogens (tertiary/aromatic N) is 5. The van der Waals surface area contributed by atoms with Crippen molar-refractivity contribution in [3.05, 3.63) is 63.6 Å². The van der Waals surface area contributed by atoms with E-state index in [-0.39, 0.29) is 5.82 Å². The van der Waals surface area contributed by atoms with Crippen LogP contribution in [0.5, 0.6) is 11.5 Å². The molecule has 0 saturated heterocycles. The van der Waals surface area contributed by atoms with Crippen LogP contribution in [0.4, 0.5) is 0 Å². The molecule has 0 fully saturated rings. The minimum Gasteiger partial charge on any atom is -0.494 e. The number of ether oxygens (including phenoxy) is 3. The Bertz CT molecular complexity index is 1510. The van der Waals surface area contributed by atoms with E-state index in [0.717, 1.165) is 16.1 Å². The number of methoxy groups -OCH3 is 3. The quantitative estimate of drug-likeness (QED) is 0.279. The highest BCUT2D eigenvalue weighted by Crippen LogP contribution is 2.37. The first-order valence-corrected chi connectivity index (χ1v) is 14.4. The number of benzene rings is 1. The Balaban J connectivity index is 1.85. The molecule has 0 spiro atoms. The van der Waals surface area contributed by atoms with Gasteiger partial charge >= 0.3 is 0 Å². The number of pyridine rings is 1. The van der Waals surface area contributed by atoms with Crippen LogP contribution in [0.25, 0.3) is 17.1 Å². The summed E-state index contributed by atoms with van der Waals surface area (Å²) in [6.07, 6.45) is 2.66. The second kappa shape index (κ2) is 11.2. The maximum absolute atomic E-state index is 13.8. The summed E-state index contributed by atoms with van der Waals surface area (Å²) in [6.45, 7) is 7.39. The van der Waals surface area contributed by atoms with Gasteiger partial charge in [0.05, 0.1) is 25.2 Å². The maximum atomic E-state index is 13.8. The monoisotopic (exact) mass is 557 g/mol. The number of thiazole rings is 1. The van der Waals surface area contributed by atoms with Crippen molar-refractivity contribution in [1.82, 2.24) is 24.7 Å². The number of para-hydroxylation sites is 1. The molecular formula is C26H31N5O5S2. The highest BCUT2D eigenvalue weighted by Gasteiger charge is 2.35. The molecular weight excluding hydrogens is 526 g/mol. The zero-order chi connectivity index (χ0) is 27.6. The lowest BCUT2D eigenvalue weighted by Crippen LogP contribution is -2.29. The normalized spacial score (nSPS) is 13.3. The summed E-state index contributed by atoms with van der Waals surface area (Å²) in [5, 5.41) is 8.45. The van der Waals surface area contributed by atoms with Gasteiger partial charge in [0.25, 0.3) is 0 Å². The fourth-order valence-corrected chi connectivity index (χ4v) is 6.79. The first-order valence-electron chi connectivity index (χ1n) is 11.9. The predicted octanol–water partition coefficient (Wildman–Crippen LogP) is 4.42. The first-order chi connectivity index (χ1) is 18.1. The summed E-state index contributed by atoms with van der Waals surface area (Å²) in [5.74, 6) is 1.17. The fourth-order valence-electron chi connectivity index (χ4n) is 4.17. The lowest BCUT2D eigenvalue weighted by molar-refractivity contribution is 0.102. The molecule has 0 aliphatic rings. The van der Waals surface area contributed by atoms with Gasteiger partial charge in [-0.05, 0) is 51.5 Å². The molecule has 0 bridgehead atoms. The molecule has 0 aliphatic carbocycles. The fraction of sp³-hybridized carbons (Fsp3) is 0.385. The van der Waals surface area contributed by atoms with E-state index in [9.17, 15) is 8.42 Å². The van der Waals surface area contributed by atoms with Crippen LogP contribution < -0.4 is 9.47 Å². The van der Waals surface area contributed by atoms with Gasteiger partial charge in [0.2, 0.25) is 0 Å². The van der Waals surface area contributed by atoms with Gasteiger partial charge in [-0.2, -0.15) is 0 Å². The van der Waals surface area contributed by atoms with Gasteiger partial charge < -0.3 is 14.2 Å². The number of hydrogen-bond donors (Lipinski definition) is 0. The molecule has 0 saturated carbocycles. The molecule has 10 nitrogen and oxygen atoms in total. The third-order valence-electron chi connectivity index (χ3n) is 6.35. The smallest absolute Gasteiger partial charge is 0.170 e. The van der Waals surface area contributed by atoms with Crippen LogP contribution in [-0.2, 0) is 20.3 Å². The van der Waals surface area contributed by atoms with E-state index in [1.165, 1.54) is 32.7 Å². The Labute approximate surface area is 226 Å². The zero-order valence-electron chi connectivity index (χ0n) is 22.4. The summed E-state index contributed by atoms with van der Waals surface area (Å²) in [6, 6.07) is 7.24. The van der Waals surface area contributed by atoms with E-state index in [4.69, 9.17) is 14.2 Å². The van der Waals surface area contributed by atoms with E-state index in [2.05, 4.69) is 20.2 Å². The Kier molecular flexibility index (Phi) is 8.14. The van der Waals surface area contributed by atoms with Gasteiger partial charge in [-0.25, -0.2) is 13.4 Å². The average Bonchev–Trinajstić information content (AvgIpc) is 3.45. The van der Waals surface area contributed by atoms with Gasteiger partial charge in [0, 0.05) is 29.9 Å². The third kappa shape index (κ3) is 5.29. The Morgan fingerprint density at radius 2 is 1.71 bits per heavy atom. The van der Waals surface area contributed by atoms with Crippen molar-refractivity contribution >= 4 is 21.2 Å². The molecule has 202 valence electrons. The summed E-state index contributed by atoms with van der Waals surface area (Å²) in [7, 11) is 0.768. The molecule has 1 aromatic carbocycles. The molecule has 2 atom stereocenters. The number of rotatable bonds is 10. The van der Waals surface area contributed by atoms with Crippen molar-refractivity contribution in [2.45, 2.75) is 44.8 Å². The maximum Gasteiger partial charge on any atom is 0.170 e. The van der Waals surface area contributed by atoms with Crippen LogP contribution in [-0.4, -0.2) is 59.7 Å². The number of aryl methyl sites for hydroxylation is 3. The van der Waals surface area contributed by atoms with E-state index >= 15 is 0 Å². The van der Waals surface area contributed by atoms with Crippen LogP contribution in [0.2, 0.25) is 0 Å². The van der Waals surface area contributed by atoms with Gasteiger partial charge in [-0.15, -0.1) is 21.5 Å². The van der Waals surface area contributed by atoms with Crippen molar-refractivity contribution in [2.75, 3.05) is 21.3 Å².